The molecule has 2 heterocycles. The topological polar surface area (TPSA) is 123 Å². The minimum atomic E-state index is -3.50. The second-order valence-electron chi connectivity index (χ2n) is 8.34. The normalized spacial score (nSPS) is 15.2. The molecule has 1 amide bonds. The van der Waals surface area contributed by atoms with Gasteiger partial charge in [0, 0.05) is 24.5 Å². The van der Waals surface area contributed by atoms with Gasteiger partial charge in [-0.1, -0.05) is 49.0 Å². The maximum absolute atomic E-state index is 13.2. The van der Waals surface area contributed by atoms with E-state index in [1.165, 1.54) is 33.8 Å². The number of nitrogen functional groups attached to an aromatic ring is 1. The Balaban J connectivity index is 1.43. The number of rotatable bonds is 10. The van der Waals surface area contributed by atoms with Crippen LogP contribution in [0.15, 0.2) is 64.6 Å². The summed E-state index contributed by atoms with van der Waals surface area (Å²) < 4.78 is 28.6. The lowest BCUT2D eigenvalue weighted by Crippen LogP contribution is -2.28. The smallest absolute Gasteiger partial charge is 0.247 e. The molecule has 1 aromatic heterocycles. The number of nitrogens with one attached hydrogen (secondary N) is 1. The van der Waals surface area contributed by atoms with Crippen LogP contribution in [0, 0.1) is 0 Å². The summed E-state index contributed by atoms with van der Waals surface area (Å²) in [6.07, 6.45) is 3.10. The van der Waals surface area contributed by atoms with Crippen LogP contribution in [0.2, 0.25) is 0 Å². The molecule has 2 aromatic carbocycles. The van der Waals surface area contributed by atoms with Crippen LogP contribution >= 0.6 is 11.8 Å². The quantitative estimate of drug-likeness (QED) is 0.397. The Morgan fingerprint density at radius 2 is 1.77 bits per heavy atom. The van der Waals surface area contributed by atoms with Crippen molar-refractivity contribution in [3.63, 3.8) is 0 Å². The van der Waals surface area contributed by atoms with Gasteiger partial charge in [0.25, 0.3) is 0 Å². The molecular weight excluding hydrogens is 484 g/mol. The van der Waals surface area contributed by atoms with Gasteiger partial charge in [-0.05, 0) is 55.5 Å². The number of carbonyl (C=O) groups is 1. The van der Waals surface area contributed by atoms with E-state index in [1.807, 2.05) is 25.1 Å². The lowest BCUT2D eigenvalue weighted by molar-refractivity contribution is -0.119. The summed E-state index contributed by atoms with van der Waals surface area (Å²) >= 11 is 1.50. The van der Waals surface area contributed by atoms with Crippen molar-refractivity contribution in [1.29, 1.82) is 0 Å². The number of thioether (sulfide) groups is 1. The third-order valence-electron chi connectivity index (χ3n) is 5.98. The molecule has 9 nitrogen and oxygen atoms in total. The van der Waals surface area contributed by atoms with Crippen molar-refractivity contribution in [2.24, 2.45) is 0 Å². The highest BCUT2D eigenvalue weighted by molar-refractivity contribution is 7.99. The first-order valence-electron chi connectivity index (χ1n) is 11.7. The highest BCUT2D eigenvalue weighted by atomic mass is 32.2. The fourth-order valence-corrected chi connectivity index (χ4v) is 6.58. The number of aryl methyl sites for hydroxylation is 1. The van der Waals surface area contributed by atoms with Gasteiger partial charge >= 0.3 is 0 Å². The average molecular weight is 515 g/mol. The zero-order valence-corrected chi connectivity index (χ0v) is 21.3. The van der Waals surface area contributed by atoms with Gasteiger partial charge in [-0.3, -0.25) is 9.36 Å². The molecule has 1 aliphatic rings. The van der Waals surface area contributed by atoms with Crippen LogP contribution in [-0.2, 0) is 21.2 Å². The maximum atomic E-state index is 13.2. The molecular formula is C24H30N6O3S2. The van der Waals surface area contributed by atoms with E-state index >= 15 is 0 Å². The van der Waals surface area contributed by atoms with Crippen molar-refractivity contribution < 1.29 is 13.2 Å². The molecule has 1 atom stereocenters. The minimum absolute atomic E-state index is 0.182. The number of amides is 1. The number of hydrogen-bond donors (Lipinski definition) is 2. The molecule has 0 bridgehead atoms. The predicted octanol–water partition coefficient (Wildman–Crippen LogP) is 3.57. The summed E-state index contributed by atoms with van der Waals surface area (Å²) in [6, 6.07) is 15.8. The van der Waals surface area contributed by atoms with Gasteiger partial charge in [0.05, 0.1) is 4.90 Å². The molecule has 3 N–H and O–H groups in total. The molecule has 0 aliphatic carbocycles. The number of benzene rings is 2. The number of sulfonamides is 1. The lowest BCUT2D eigenvalue weighted by Gasteiger charge is -2.19. The van der Waals surface area contributed by atoms with Crippen molar-refractivity contribution in [3.05, 3.63) is 60.2 Å². The number of nitrogens with zero attached hydrogens (tertiary/aromatic N) is 4. The van der Waals surface area contributed by atoms with E-state index in [0.29, 0.717) is 30.4 Å². The standard InChI is InChI=1S/C24H30N6O3S2/c1-2-21(30-23(25)27-28-24(30)34-17-14-18-8-4-3-5-9-18)22(31)26-19-10-12-20(13-11-19)35(32,33)29-15-6-7-16-29/h3-5,8-13,21H,2,6-7,14-17H2,1H3,(H2,25,27)(H,26,31). The van der Waals surface area contributed by atoms with Gasteiger partial charge in [0.1, 0.15) is 6.04 Å². The molecule has 4 rings (SSSR count). The van der Waals surface area contributed by atoms with Crippen molar-refractivity contribution in [3.8, 4) is 0 Å². The number of hydrogen-bond acceptors (Lipinski definition) is 7. The Kier molecular flexibility index (Phi) is 8.09. The van der Waals surface area contributed by atoms with E-state index in [4.69, 9.17) is 5.73 Å². The van der Waals surface area contributed by atoms with Crippen LogP contribution in [-0.4, -0.2) is 52.2 Å². The fraction of sp³-hybridized carbons (Fsp3) is 0.375. The van der Waals surface area contributed by atoms with E-state index in [1.54, 1.807) is 16.7 Å². The fourth-order valence-electron chi connectivity index (χ4n) is 4.08. The highest BCUT2D eigenvalue weighted by Gasteiger charge is 2.28. The van der Waals surface area contributed by atoms with Crippen LogP contribution in [0.5, 0.6) is 0 Å². The Bertz CT molecular complexity index is 1240. The van der Waals surface area contributed by atoms with Crippen molar-refractivity contribution in [2.75, 3.05) is 29.9 Å². The molecule has 0 radical (unpaired) electrons. The molecule has 186 valence electrons. The maximum Gasteiger partial charge on any atom is 0.247 e. The summed E-state index contributed by atoms with van der Waals surface area (Å²) in [5, 5.41) is 11.6. The summed E-state index contributed by atoms with van der Waals surface area (Å²) in [5.41, 5.74) is 7.82. The summed E-state index contributed by atoms with van der Waals surface area (Å²) in [5.74, 6) is 0.688. The van der Waals surface area contributed by atoms with Gasteiger partial charge in [0.15, 0.2) is 5.16 Å². The number of aromatic nitrogens is 3. The molecule has 3 aromatic rings. The van der Waals surface area contributed by atoms with E-state index in [2.05, 4.69) is 27.6 Å². The minimum Gasteiger partial charge on any atom is -0.368 e. The Morgan fingerprint density at radius 1 is 1.09 bits per heavy atom. The second kappa shape index (κ2) is 11.2. The Morgan fingerprint density at radius 3 is 2.43 bits per heavy atom. The lowest BCUT2D eigenvalue weighted by atomic mass is 10.2. The monoisotopic (exact) mass is 514 g/mol. The number of nitrogens with two attached hydrogens (primary N) is 1. The van der Waals surface area contributed by atoms with Gasteiger partial charge in [0.2, 0.25) is 21.9 Å². The third-order valence-corrected chi connectivity index (χ3v) is 8.84. The van der Waals surface area contributed by atoms with E-state index in [0.717, 1.165) is 25.0 Å². The largest absolute Gasteiger partial charge is 0.368 e. The molecule has 1 saturated heterocycles. The number of carbonyl (C=O) groups excluding carboxylic acids is 1. The van der Waals surface area contributed by atoms with Crippen molar-refractivity contribution in [2.45, 2.75) is 48.7 Å². The van der Waals surface area contributed by atoms with E-state index in [9.17, 15) is 13.2 Å². The molecule has 1 aliphatic heterocycles. The second-order valence-corrected chi connectivity index (χ2v) is 11.3. The van der Waals surface area contributed by atoms with Crippen molar-refractivity contribution in [1.82, 2.24) is 19.1 Å². The van der Waals surface area contributed by atoms with Crippen LogP contribution < -0.4 is 11.1 Å². The molecule has 1 fully saturated rings. The first-order chi connectivity index (χ1) is 16.9. The van der Waals surface area contributed by atoms with Crippen LogP contribution in [0.25, 0.3) is 0 Å². The van der Waals surface area contributed by atoms with Crippen molar-refractivity contribution >= 4 is 39.3 Å². The summed E-state index contributed by atoms with van der Waals surface area (Å²) in [6.45, 7) is 2.99. The third kappa shape index (κ3) is 5.85. The highest BCUT2D eigenvalue weighted by Crippen LogP contribution is 2.27. The number of anilines is 2. The Labute approximate surface area is 210 Å². The summed E-state index contributed by atoms with van der Waals surface area (Å²) in [7, 11) is -3.50. The van der Waals surface area contributed by atoms with Crippen LogP contribution in [0.4, 0.5) is 11.6 Å². The molecule has 35 heavy (non-hydrogen) atoms. The zero-order valence-electron chi connectivity index (χ0n) is 19.6. The molecule has 11 heteroatoms. The van der Waals surface area contributed by atoms with Crippen LogP contribution in [0.3, 0.4) is 0 Å². The zero-order chi connectivity index (χ0) is 24.8. The molecule has 0 saturated carbocycles. The van der Waals surface area contributed by atoms with E-state index < -0.39 is 16.1 Å². The van der Waals surface area contributed by atoms with Gasteiger partial charge < -0.3 is 11.1 Å². The first-order valence-corrected chi connectivity index (χ1v) is 14.1. The molecule has 1 unspecified atom stereocenters. The van der Waals surface area contributed by atoms with E-state index in [-0.39, 0.29) is 16.8 Å². The summed E-state index contributed by atoms with van der Waals surface area (Å²) in [4.78, 5) is 13.4. The van der Waals surface area contributed by atoms with Gasteiger partial charge in [-0.15, -0.1) is 10.2 Å². The molecule has 0 spiro atoms. The van der Waals surface area contributed by atoms with Gasteiger partial charge in [-0.2, -0.15) is 4.31 Å². The average Bonchev–Trinajstić information content (AvgIpc) is 3.53. The van der Waals surface area contributed by atoms with Gasteiger partial charge in [-0.25, -0.2) is 8.42 Å². The Hall–Kier alpha value is -2.89. The predicted molar refractivity (Wildman–Crippen MR) is 138 cm³/mol. The first kappa shape index (κ1) is 25.2. The SMILES string of the molecule is CCC(C(=O)Nc1ccc(S(=O)(=O)N2CCCC2)cc1)n1c(N)nnc1SCCc1ccccc1. The van der Waals surface area contributed by atoms with Crippen LogP contribution in [0.1, 0.15) is 37.8 Å².